The van der Waals surface area contributed by atoms with Crippen molar-refractivity contribution in [2.45, 2.75) is 18.9 Å². The van der Waals surface area contributed by atoms with E-state index in [1.807, 2.05) is 0 Å². The topological polar surface area (TPSA) is 49.4 Å². The second-order valence-electron chi connectivity index (χ2n) is 1.82. The van der Waals surface area contributed by atoms with Crippen LogP contribution in [0.5, 0.6) is 0 Å². The van der Waals surface area contributed by atoms with E-state index in [2.05, 4.69) is 0 Å². The fourth-order valence-corrected chi connectivity index (χ4v) is 0.764. The van der Waals surface area contributed by atoms with E-state index in [0.717, 1.165) is 6.42 Å². The van der Waals surface area contributed by atoms with Crippen LogP contribution in [0, 0.1) is 0 Å². The van der Waals surface area contributed by atoms with Gasteiger partial charge in [-0.25, -0.2) is 0 Å². The van der Waals surface area contributed by atoms with E-state index in [1.165, 1.54) is 0 Å². The summed E-state index contributed by atoms with van der Waals surface area (Å²) in [6.07, 6.45) is 0.830. The zero-order valence-electron chi connectivity index (χ0n) is 4.42. The summed E-state index contributed by atoms with van der Waals surface area (Å²) in [7, 11) is 0. The number of hydrogen-bond acceptors (Lipinski definition) is 3. The number of carboxylic acid groups (broad SMARTS) is 1. The van der Waals surface area contributed by atoms with E-state index in [1.54, 1.807) is 0 Å². The minimum Gasteiger partial charge on any atom is -0.547 e. The maximum atomic E-state index is 9.97. The summed E-state index contributed by atoms with van der Waals surface area (Å²) >= 11 is 0. The van der Waals surface area contributed by atoms with Crippen LogP contribution in [0.15, 0.2) is 0 Å². The maximum Gasteiger partial charge on any atom is 0.0969 e. The molecule has 0 N–H and O–H groups in total. The van der Waals surface area contributed by atoms with Crippen LogP contribution in [0.4, 0.5) is 0 Å². The summed E-state index contributed by atoms with van der Waals surface area (Å²) in [5.74, 6) is -1.08. The summed E-state index contributed by atoms with van der Waals surface area (Å²) in [5.41, 5.74) is 0. The lowest BCUT2D eigenvalue weighted by Crippen LogP contribution is -2.34. The predicted octanol–water partition coefficient (Wildman–Crippen LogP) is -1.08. The van der Waals surface area contributed by atoms with Crippen molar-refractivity contribution in [2.24, 2.45) is 0 Å². The number of hydrogen-bond donors (Lipinski definition) is 0. The summed E-state index contributed by atoms with van der Waals surface area (Å²) in [6.45, 7) is 0.568. The van der Waals surface area contributed by atoms with E-state index in [0.29, 0.717) is 13.0 Å². The highest BCUT2D eigenvalue weighted by Crippen LogP contribution is 2.09. The molecule has 1 rings (SSSR count). The van der Waals surface area contributed by atoms with Gasteiger partial charge in [-0.3, -0.25) is 0 Å². The van der Waals surface area contributed by atoms with E-state index in [9.17, 15) is 9.90 Å². The van der Waals surface area contributed by atoms with Crippen LogP contribution in [-0.2, 0) is 9.53 Å². The Balaban J connectivity index is 2.35. The third kappa shape index (κ3) is 0.980. The molecule has 1 heterocycles. The first-order chi connectivity index (χ1) is 3.80. The van der Waals surface area contributed by atoms with Crippen molar-refractivity contribution in [1.82, 2.24) is 0 Å². The Morgan fingerprint density at radius 3 is 2.75 bits per heavy atom. The molecule has 0 aromatic carbocycles. The van der Waals surface area contributed by atoms with Crippen LogP contribution < -0.4 is 5.11 Å². The molecule has 46 valence electrons. The van der Waals surface area contributed by atoms with Crippen LogP contribution in [0.1, 0.15) is 12.8 Å². The van der Waals surface area contributed by atoms with Gasteiger partial charge >= 0.3 is 0 Å². The second-order valence-corrected chi connectivity index (χ2v) is 1.82. The zero-order valence-corrected chi connectivity index (χ0v) is 4.42. The van der Waals surface area contributed by atoms with Gasteiger partial charge in [-0.05, 0) is 12.8 Å². The van der Waals surface area contributed by atoms with Gasteiger partial charge < -0.3 is 14.6 Å². The van der Waals surface area contributed by atoms with Crippen LogP contribution in [0.3, 0.4) is 0 Å². The number of carbonyl (C=O) groups is 1. The first kappa shape index (κ1) is 5.56. The Labute approximate surface area is 47.3 Å². The zero-order chi connectivity index (χ0) is 5.98. The standard InChI is InChI=1S/C5H8O3/c6-5(7)4-2-1-3-8-4/h4H,1-3H2,(H,6,7)/p-1/t4-/m1/s1. The van der Waals surface area contributed by atoms with E-state index in [-0.39, 0.29) is 0 Å². The van der Waals surface area contributed by atoms with Gasteiger partial charge in [0, 0.05) is 6.61 Å². The lowest BCUT2D eigenvalue weighted by atomic mass is 10.2. The van der Waals surface area contributed by atoms with Gasteiger partial charge in [-0.2, -0.15) is 0 Å². The molecule has 3 heteroatoms. The molecule has 0 aromatic rings. The molecular weight excluding hydrogens is 108 g/mol. The van der Waals surface area contributed by atoms with Crippen molar-refractivity contribution in [2.75, 3.05) is 6.61 Å². The maximum absolute atomic E-state index is 9.97. The van der Waals surface area contributed by atoms with Crippen molar-refractivity contribution < 1.29 is 14.6 Å². The van der Waals surface area contributed by atoms with Crippen LogP contribution in [0.2, 0.25) is 0 Å². The van der Waals surface area contributed by atoms with Gasteiger partial charge in [0.1, 0.15) is 0 Å². The van der Waals surface area contributed by atoms with Crippen LogP contribution in [-0.4, -0.2) is 18.7 Å². The van der Waals surface area contributed by atoms with Crippen molar-refractivity contribution in [3.05, 3.63) is 0 Å². The minimum absolute atomic E-state index is 0.568. The smallest absolute Gasteiger partial charge is 0.0969 e. The molecule has 0 amide bonds. The largest absolute Gasteiger partial charge is 0.547 e. The molecule has 1 saturated heterocycles. The summed E-state index contributed by atoms with van der Waals surface area (Å²) in [4.78, 5) is 9.97. The van der Waals surface area contributed by atoms with Gasteiger partial charge in [0.25, 0.3) is 0 Å². The van der Waals surface area contributed by atoms with Crippen molar-refractivity contribution in [3.8, 4) is 0 Å². The van der Waals surface area contributed by atoms with Gasteiger partial charge in [0.05, 0.1) is 12.1 Å². The SMILES string of the molecule is O=C([O-])[C@H]1CCCO1. The number of carbonyl (C=O) groups excluding carboxylic acids is 1. The second kappa shape index (κ2) is 2.13. The Morgan fingerprint density at radius 1 is 1.75 bits per heavy atom. The molecule has 0 aromatic heterocycles. The summed E-state index contributed by atoms with van der Waals surface area (Å²) in [5, 5.41) is 9.97. The minimum atomic E-state index is -1.08. The molecule has 3 nitrogen and oxygen atoms in total. The van der Waals surface area contributed by atoms with E-state index in [4.69, 9.17) is 4.74 Å². The van der Waals surface area contributed by atoms with Crippen LogP contribution in [0.25, 0.3) is 0 Å². The average molecular weight is 115 g/mol. The molecule has 0 radical (unpaired) electrons. The summed E-state index contributed by atoms with van der Waals surface area (Å²) < 4.78 is 4.75. The molecule has 0 unspecified atom stereocenters. The van der Waals surface area contributed by atoms with Gasteiger partial charge in [-0.1, -0.05) is 0 Å². The van der Waals surface area contributed by atoms with Crippen molar-refractivity contribution in [1.29, 1.82) is 0 Å². The monoisotopic (exact) mass is 115 g/mol. The fourth-order valence-electron chi connectivity index (χ4n) is 0.764. The fraction of sp³-hybridized carbons (Fsp3) is 0.800. The quantitative estimate of drug-likeness (QED) is 0.436. The van der Waals surface area contributed by atoms with Gasteiger partial charge in [-0.15, -0.1) is 0 Å². The molecule has 0 spiro atoms. The Bertz CT molecular complexity index is 93.8. The molecule has 1 aliphatic rings. The molecule has 0 aliphatic carbocycles. The Hall–Kier alpha value is -0.570. The van der Waals surface area contributed by atoms with Gasteiger partial charge in [0.15, 0.2) is 0 Å². The summed E-state index contributed by atoms with van der Waals surface area (Å²) in [6, 6.07) is 0. The van der Waals surface area contributed by atoms with E-state index >= 15 is 0 Å². The molecule has 0 saturated carbocycles. The predicted molar refractivity (Wildman–Crippen MR) is 24.0 cm³/mol. The molecule has 1 fully saturated rings. The third-order valence-electron chi connectivity index (χ3n) is 1.19. The van der Waals surface area contributed by atoms with Crippen LogP contribution >= 0.6 is 0 Å². The Morgan fingerprint density at radius 2 is 2.50 bits per heavy atom. The highest BCUT2D eigenvalue weighted by Gasteiger charge is 2.15. The van der Waals surface area contributed by atoms with Gasteiger partial charge in [0.2, 0.25) is 0 Å². The lowest BCUT2D eigenvalue weighted by Gasteiger charge is -2.07. The number of rotatable bonds is 1. The Kier molecular flexibility index (Phi) is 1.48. The van der Waals surface area contributed by atoms with E-state index < -0.39 is 12.1 Å². The van der Waals surface area contributed by atoms with Crippen molar-refractivity contribution >= 4 is 5.97 Å². The third-order valence-corrected chi connectivity index (χ3v) is 1.19. The highest BCUT2D eigenvalue weighted by molar-refractivity contribution is 5.70. The number of carboxylic acids is 1. The van der Waals surface area contributed by atoms with Crippen molar-refractivity contribution in [3.63, 3.8) is 0 Å². The average Bonchev–Trinajstić information content (AvgIpc) is 2.12. The molecular formula is C5H7O3-. The normalized spacial score (nSPS) is 28.2. The highest BCUT2D eigenvalue weighted by atomic mass is 16.5. The molecule has 1 aliphatic heterocycles. The first-order valence-electron chi connectivity index (χ1n) is 2.63. The molecule has 8 heavy (non-hydrogen) atoms. The lowest BCUT2D eigenvalue weighted by molar-refractivity contribution is -0.315. The number of aliphatic carboxylic acids is 1. The first-order valence-corrected chi connectivity index (χ1v) is 2.63. The number of ether oxygens (including phenoxy) is 1. The molecule has 0 bridgehead atoms. The molecule has 1 atom stereocenters.